The number of fused-ring (bicyclic) bond motifs is 1. The monoisotopic (exact) mass is 448 g/mol. The fraction of sp³-hybridized carbons (Fsp3) is 0.296. The summed E-state index contributed by atoms with van der Waals surface area (Å²) in [6, 6.07) is 24.5. The van der Waals surface area contributed by atoms with Crippen LogP contribution in [0.3, 0.4) is 0 Å². The van der Waals surface area contributed by atoms with Crippen LogP contribution in [0.15, 0.2) is 72.8 Å². The van der Waals surface area contributed by atoms with E-state index in [2.05, 4.69) is 47.0 Å². The maximum Gasteiger partial charge on any atom is 0.315 e. The van der Waals surface area contributed by atoms with Gasteiger partial charge in [-0.25, -0.2) is 4.79 Å². The minimum Gasteiger partial charge on any atom is -0.497 e. The number of ether oxygens (including phenoxy) is 1. The lowest BCUT2D eigenvalue weighted by Crippen LogP contribution is -2.47. The van der Waals surface area contributed by atoms with Crippen LogP contribution in [0, 0.1) is 0 Å². The number of benzene rings is 3. The molecule has 0 aliphatic heterocycles. The molecule has 4 nitrogen and oxygen atoms in total. The first-order chi connectivity index (χ1) is 15.6. The summed E-state index contributed by atoms with van der Waals surface area (Å²) in [6.45, 7) is 0.581. The Kier molecular flexibility index (Phi) is 7.33. The van der Waals surface area contributed by atoms with Gasteiger partial charge in [0.1, 0.15) is 5.75 Å². The van der Waals surface area contributed by atoms with Gasteiger partial charge >= 0.3 is 6.03 Å². The third-order valence-electron chi connectivity index (χ3n) is 6.19. The van der Waals surface area contributed by atoms with Crippen molar-refractivity contribution in [1.82, 2.24) is 10.6 Å². The van der Waals surface area contributed by atoms with E-state index in [1.165, 1.54) is 16.7 Å². The van der Waals surface area contributed by atoms with E-state index >= 15 is 0 Å². The molecule has 0 aromatic heterocycles. The van der Waals surface area contributed by atoms with Crippen molar-refractivity contribution in [2.75, 3.05) is 13.7 Å². The van der Waals surface area contributed by atoms with Crippen molar-refractivity contribution in [1.29, 1.82) is 0 Å². The maximum absolute atomic E-state index is 12.7. The lowest BCUT2D eigenvalue weighted by Gasteiger charge is -2.34. The third-order valence-corrected chi connectivity index (χ3v) is 6.44. The standard InChI is InChI=1S/C27H29ClN2O2/c1-32-23-12-13-24-21(18-23)9-14-26(25(24)17-20-5-3-2-4-6-20)30-27(31)29-16-15-19-7-10-22(28)11-8-19/h2-8,10-13,18,25-26H,9,14-17H2,1H3,(H2,29,30,31). The summed E-state index contributed by atoms with van der Waals surface area (Å²) in [5, 5.41) is 6.99. The van der Waals surface area contributed by atoms with E-state index in [9.17, 15) is 4.79 Å². The number of carbonyl (C=O) groups is 1. The zero-order valence-electron chi connectivity index (χ0n) is 18.3. The zero-order valence-corrected chi connectivity index (χ0v) is 19.1. The fourth-order valence-corrected chi connectivity index (χ4v) is 4.63. The second-order valence-electron chi connectivity index (χ2n) is 8.28. The van der Waals surface area contributed by atoms with Gasteiger partial charge in [0.15, 0.2) is 0 Å². The maximum atomic E-state index is 12.7. The Balaban J connectivity index is 1.43. The second kappa shape index (κ2) is 10.6. The molecule has 3 aromatic rings. The molecule has 2 unspecified atom stereocenters. The number of rotatable bonds is 7. The quantitative estimate of drug-likeness (QED) is 0.499. The highest BCUT2D eigenvalue weighted by Gasteiger charge is 2.31. The van der Waals surface area contributed by atoms with Gasteiger partial charge in [-0.1, -0.05) is 60.1 Å². The summed E-state index contributed by atoms with van der Waals surface area (Å²) >= 11 is 5.94. The van der Waals surface area contributed by atoms with Crippen LogP contribution in [0.2, 0.25) is 5.02 Å². The van der Waals surface area contributed by atoms with Gasteiger partial charge in [0.05, 0.1) is 7.11 Å². The largest absolute Gasteiger partial charge is 0.497 e. The summed E-state index contributed by atoms with van der Waals surface area (Å²) in [5.74, 6) is 1.10. The highest BCUT2D eigenvalue weighted by Crippen LogP contribution is 2.36. The minimum absolute atomic E-state index is 0.0756. The van der Waals surface area contributed by atoms with Crippen LogP contribution in [0.4, 0.5) is 4.79 Å². The molecule has 0 fully saturated rings. The van der Waals surface area contributed by atoms with E-state index in [-0.39, 0.29) is 18.0 Å². The molecule has 0 spiro atoms. The molecule has 2 amide bonds. The van der Waals surface area contributed by atoms with Crippen molar-refractivity contribution >= 4 is 17.6 Å². The molecule has 1 aliphatic carbocycles. The van der Waals surface area contributed by atoms with Crippen molar-refractivity contribution in [2.45, 2.75) is 37.6 Å². The number of methoxy groups -OCH3 is 1. The van der Waals surface area contributed by atoms with Gasteiger partial charge in [-0.15, -0.1) is 0 Å². The molecule has 0 bridgehead atoms. The van der Waals surface area contributed by atoms with E-state index in [1.54, 1.807) is 7.11 Å². The van der Waals surface area contributed by atoms with Crippen LogP contribution < -0.4 is 15.4 Å². The van der Waals surface area contributed by atoms with E-state index in [1.807, 2.05) is 36.4 Å². The van der Waals surface area contributed by atoms with Crippen molar-refractivity contribution < 1.29 is 9.53 Å². The predicted molar refractivity (Wildman–Crippen MR) is 130 cm³/mol. The topological polar surface area (TPSA) is 50.4 Å². The second-order valence-corrected chi connectivity index (χ2v) is 8.72. The Morgan fingerprint density at radius 2 is 1.81 bits per heavy atom. The van der Waals surface area contributed by atoms with Crippen LogP contribution in [0.5, 0.6) is 5.75 Å². The summed E-state index contributed by atoms with van der Waals surface area (Å²) in [5.41, 5.74) is 5.03. The number of carbonyl (C=O) groups excluding carboxylic acids is 1. The van der Waals surface area contributed by atoms with Gasteiger partial charge in [-0.2, -0.15) is 0 Å². The van der Waals surface area contributed by atoms with Crippen LogP contribution in [-0.2, 0) is 19.3 Å². The van der Waals surface area contributed by atoms with E-state index in [0.717, 1.165) is 42.0 Å². The summed E-state index contributed by atoms with van der Waals surface area (Å²) in [7, 11) is 1.70. The molecule has 1 aliphatic rings. The van der Waals surface area contributed by atoms with Gasteiger partial charge in [-0.05, 0) is 72.2 Å². The summed E-state index contributed by atoms with van der Waals surface area (Å²) < 4.78 is 5.43. The third kappa shape index (κ3) is 5.63. The highest BCUT2D eigenvalue weighted by atomic mass is 35.5. The van der Waals surface area contributed by atoms with E-state index in [4.69, 9.17) is 16.3 Å². The van der Waals surface area contributed by atoms with Crippen LogP contribution >= 0.6 is 11.6 Å². The first-order valence-corrected chi connectivity index (χ1v) is 11.5. The first-order valence-electron chi connectivity index (χ1n) is 11.1. The zero-order chi connectivity index (χ0) is 22.3. The van der Waals surface area contributed by atoms with Crippen LogP contribution in [0.25, 0.3) is 0 Å². The van der Waals surface area contributed by atoms with Gasteiger partial charge in [0, 0.05) is 23.5 Å². The van der Waals surface area contributed by atoms with E-state index in [0.29, 0.717) is 6.54 Å². The van der Waals surface area contributed by atoms with E-state index < -0.39 is 0 Å². The van der Waals surface area contributed by atoms with Crippen molar-refractivity contribution in [3.8, 4) is 5.75 Å². The Labute approximate surface area is 195 Å². The number of aryl methyl sites for hydroxylation is 1. The van der Waals surface area contributed by atoms with Crippen molar-refractivity contribution in [3.05, 3.63) is 100 Å². The molecule has 3 aromatic carbocycles. The predicted octanol–water partition coefficient (Wildman–Crippen LogP) is 5.53. The molecule has 2 atom stereocenters. The average Bonchev–Trinajstić information content (AvgIpc) is 2.82. The summed E-state index contributed by atoms with van der Waals surface area (Å²) in [4.78, 5) is 12.7. The Bertz CT molecular complexity index is 1040. The molecule has 0 saturated carbocycles. The number of hydrogen-bond acceptors (Lipinski definition) is 2. The average molecular weight is 449 g/mol. The van der Waals surface area contributed by atoms with Crippen molar-refractivity contribution in [2.24, 2.45) is 0 Å². The molecule has 0 heterocycles. The number of amides is 2. The van der Waals surface area contributed by atoms with Gasteiger partial charge in [-0.3, -0.25) is 0 Å². The molecule has 2 N–H and O–H groups in total. The molecule has 0 radical (unpaired) electrons. The lowest BCUT2D eigenvalue weighted by molar-refractivity contribution is 0.232. The lowest BCUT2D eigenvalue weighted by atomic mass is 9.76. The Morgan fingerprint density at radius 1 is 1.03 bits per heavy atom. The van der Waals surface area contributed by atoms with Gasteiger partial charge in [0.2, 0.25) is 0 Å². The Hall–Kier alpha value is -2.98. The van der Waals surface area contributed by atoms with Crippen LogP contribution in [0.1, 0.15) is 34.6 Å². The Morgan fingerprint density at radius 3 is 2.56 bits per heavy atom. The molecular formula is C27H29ClN2O2. The smallest absolute Gasteiger partial charge is 0.315 e. The molecule has 166 valence electrons. The number of nitrogens with one attached hydrogen (secondary N) is 2. The van der Waals surface area contributed by atoms with Crippen LogP contribution in [-0.4, -0.2) is 25.7 Å². The number of halogens is 1. The first kappa shape index (κ1) is 22.2. The SMILES string of the molecule is COc1ccc2c(c1)CCC(NC(=O)NCCc1ccc(Cl)cc1)C2Cc1ccccc1. The normalized spacial score (nSPS) is 17.3. The molecule has 32 heavy (non-hydrogen) atoms. The highest BCUT2D eigenvalue weighted by molar-refractivity contribution is 6.30. The fourth-order valence-electron chi connectivity index (χ4n) is 4.50. The number of hydrogen-bond donors (Lipinski definition) is 2. The molecule has 0 saturated heterocycles. The summed E-state index contributed by atoms with van der Waals surface area (Å²) in [6.07, 6.45) is 3.48. The molecule has 5 heteroatoms. The van der Waals surface area contributed by atoms with Gasteiger partial charge in [0.25, 0.3) is 0 Å². The minimum atomic E-state index is -0.112. The molecular weight excluding hydrogens is 420 g/mol. The molecule has 4 rings (SSSR count). The van der Waals surface area contributed by atoms with Crippen molar-refractivity contribution in [3.63, 3.8) is 0 Å². The van der Waals surface area contributed by atoms with Gasteiger partial charge < -0.3 is 15.4 Å². The number of urea groups is 1.